The largest absolute Gasteiger partial charge is 0.416 e. The molecule has 0 bridgehead atoms. The van der Waals surface area contributed by atoms with E-state index in [-0.39, 0.29) is 11.3 Å². The van der Waals surface area contributed by atoms with Crippen molar-refractivity contribution in [3.8, 4) is 0 Å². The second-order valence-corrected chi connectivity index (χ2v) is 8.18. The number of carbonyl (C=O) groups excluding carboxylic acids is 1. The van der Waals surface area contributed by atoms with Crippen LogP contribution in [0, 0.1) is 6.92 Å². The number of hydrogen-bond acceptors (Lipinski definition) is 3. The average Bonchev–Trinajstić information content (AvgIpc) is 2.67. The van der Waals surface area contributed by atoms with E-state index in [4.69, 9.17) is 0 Å². The lowest BCUT2D eigenvalue weighted by atomic mass is 10.1. The first-order valence-electron chi connectivity index (χ1n) is 8.73. The molecule has 5 nitrogen and oxygen atoms in total. The number of carbonyl (C=O) groups is 1. The second kappa shape index (κ2) is 8.19. The lowest BCUT2D eigenvalue weighted by molar-refractivity contribution is -0.137. The Morgan fingerprint density at radius 2 is 1.60 bits per heavy atom. The zero-order valence-electron chi connectivity index (χ0n) is 15.7. The molecule has 3 rings (SSSR count). The fourth-order valence-corrected chi connectivity index (χ4v) is 3.86. The molecule has 0 unspecified atom stereocenters. The van der Waals surface area contributed by atoms with Crippen LogP contribution in [-0.4, -0.2) is 14.3 Å². The van der Waals surface area contributed by atoms with Gasteiger partial charge in [0.25, 0.3) is 15.9 Å². The molecule has 0 saturated carbocycles. The molecule has 156 valence electrons. The Labute approximate surface area is 171 Å². The Morgan fingerprint density at radius 3 is 2.30 bits per heavy atom. The molecule has 0 atom stereocenters. The van der Waals surface area contributed by atoms with E-state index in [0.717, 1.165) is 23.8 Å². The van der Waals surface area contributed by atoms with Crippen LogP contribution in [0.3, 0.4) is 0 Å². The molecule has 0 aliphatic heterocycles. The third kappa shape index (κ3) is 4.98. The van der Waals surface area contributed by atoms with Gasteiger partial charge >= 0.3 is 6.18 Å². The Balaban J connectivity index is 1.90. The van der Waals surface area contributed by atoms with Gasteiger partial charge in [-0.05, 0) is 55.0 Å². The minimum Gasteiger partial charge on any atom is -0.322 e. The maximum atomic E-state index is 12.9. The molecule has 3 aromatic rings. The van der Waals surface area contributed by atoms with Gasteiger partial charge in [-0.1, -0.05) is 30.3 Å². The van der Waals surface area contributed by atoms with Gasteiger partial charge in [-0.25, -0.2) is 8.42 Å². The van der Waals surface area contributed by atoms with Crippen molar-refractivity contribution in [2.45, 2.75) is 18.0 Å². The SMILES string of the molecule is Cc1cccc(NC(=O)c2ccccc2NS(=O)(=O)c2cccc(C(F)(F)F)c2)c1. The van der Waals surface area contributed by atoms with Crippen LogP contribution < -0.4 is 10.0 Å². The number of anilines is 2. The molecule has 0 aliphatic carbocycles. The zero-order chi connectivity index (χ0) is 21.9. The average molecular weight is 434 g/mol. The van der Waals surface area contributed by atoms with Crippen LogP contribution in [0.25, 0.3) is 0 Å². The monoisotopic (exact) mass is 434 g/mol. The summed E-state index contributed by atoms with van der Waals surface area (Å²) in [5, 5.41) is 2.67. The smallest absolute Gasteiger partial charge is 0.322 e. The van der Waals surface area contributed by atoms with E-state index in [1.165, 1.54) is 18.2 Å². The number of benzene rings is 3. The number of halogens is 3. The van der Waals surface area contributed by atoms with E-state index < -0.39 is 32.6 Å². The first-order valence-corrected chi connectivity index (χ1v) is 10.2. The first-order chi connectivity index (χ1) is 14.1. The third-order valence-corrected chi connectivity index (χ3v) is 5.53. The van der Waals surface area contributed by atoms with Gasteiger partial charge in [-0.2, -0.15) is 13.2 Å². The summed E-state index contributed by atoms with van der Waals surface area (Å²) in [5.74, 6) is -0.567. The van der Waals surface area contributed by atoms with Crippen LogP contribution >= 0.6 is 0 Å². The number of sulfonamides is 1. The van der Waals surface area contributed by atoms with E-state index in [2.05, 4.69) is 10.0 Å². The van der Waals surface area contributed by atoms with Crippen molar-refractivity contribution in [2.24, 2.45) is 0 Å². The van der Waals surface area contributed by atoms with Gasteiger partial charge in [0.2, 0.25) is 0 Å². The van der Waals surface area contributed by atoms with Gasteiger partial charge in [0.1, 0.15) is 0 Å². The van der Waals surface area contributed by atoms with Crippen LogP contribution in [0.5, 0.6) is 0 Å². The molecule has 0 aromatic heterocycles. The van der Waals surface area contributed by atoms with Crippen molar-refractivity contribution in [1.29, 1.82) is 0 Å². The van der Waals surface area contributed by atoms with Crippen molar-refractivity contribution in [3.63, 3.8) is 0 Å². The highest BCUT2D eigenvalue weighted by molar-refractivity contribution is 7.92. The summed E-state index contributed by atoms with van der Waals surface area (Å²) in [6, 6.07) is 16.2. The topological polar surface area (TPSA) is 75.3 Å². The summed E-state index contributed by atoms with van der Waals surface area (Å²) in [5.41, 5.74) is 0.326. The number of amides is 1. The Bertz CT molecular complexity index is 1190. The van der Waals surface area contributed by atoms with Crippen LogP contribution in [0.15, 0.2) is 77.7 Å². The molecule has 0 aliphatic rings. The van der Waals surface area contributed by atoms with Crippen molar-refractivity contribution >= 4 is 27.3 Å². The third-order valence-electron chi connectivity index (χ3n) is 4.16. The minimum absolute atomic E-state index is 0.0227. The maximum Gasteiger partial charge on any atom is 0.416 e. The summed E-state index contributed by atoms with van der Waals surface area (Å²) >= 11 is 0. The van der Waals surface area contributed by atoms with Crippen molar-refractivity contribution in [3.05, 3.63) is 89.5 Å². The Morgan fingerprint density at radius 1 is 0.900 bits per heavy atom. The van der Waals surface area contributed by atoms with Crippen LogP contribution in [0.1, 0.15) is 21.5 Å². The fraction of sp³-hybridized carbons (Fsp3) is 0.0952. The summed E-state index contributed by atoms with van der Waals surface area (Å²) in [6.45, 7) is 1.85. The maximum absolute atomic E-state index is 12.9. The van der Waals surface area contributed by atoms with E-state index in [1.54, 1.807) is 24.3 Å². The molecule has 0 fully saturated rings. The van der Waals surface area contributed by atoms with Crippen molar-refractivity contribution in [2.75, 3.05) is 10.0 Å². The first kappa shape index (κ1) is 21.4. The Kier molecular flexibility index (Phi) is 5.84. The molecule has 0 saturated heterocycles. The summed E-state index contributed by atoms with van der Waals surface area (Å²) in [7, 11) is -4.36. The van der Waals surface area contributed by atoms with Gasteiger partial charge in [-0.3, -0.25) is 9.52 Å². The van der Waals surface area contributed by atoms with Crippen molar-refractivity contribution in [1.82, 2.24) is 0 Å². The number of para-hydroxylation sites is 1. The van der Waals surface area contributed by atoms with Gasteiger partial charge < -0.3 is 5.32 Å². The predicted octanol–water partition coefficient (Wildman–Crippen LogP) is 5.07. The fourth-order valence-electron chi connectivity index (χ4n) is 2.73. The van der Waals surface area contributed by atoms with E-state index in [9.17, 15) is 26.4 Å². The van der Waals surface area contributed by atoms with Gasteiger partial charge in [0, 0.05) is 5.69 Å². The summed E-state index contributed by atoms with van der Waals surface area (Å²) in [4.78, 5) is 12.1. The molecular formula is C21H17F3N2O3S. The van der Waals surface area contributed by atoms with E-state index in [0.29, 0.717) is 11.8 Å². The van der Waals surface area contributed by atoms with Crippen molar-refractivity contribution < 1.29 is 26.4 Å². The number of aryl methyl sites for hydroxylation is 1. The molecule has 0 radical (unpaired) electrons. The predicted molar refractivity (Wildman–Crippen MR) is 108 cm³/mol. The molecule has 2 N–H and O–H groups in total. The molecule has 1 amide bonds. The lowest BCUT2D eigenvalue weighted by Gasteiger charge is -2.14. The molecule has 0 spiro atoms. The molecular weight excluding hydrogens is 417 g/mol. The summed E-state index contributed by atoms with van der Waals surface area (Å²) in [6.07, 6.45) is -4.68. The number of nitrogens with one attached hydrogen (secondary N) is 2. The van der Waals surface area contributed by atoms with E-state index in [1.807, 2.05) is 13.0 Å². The highest BCUT2D eigenvalue weighted by Crippen LogP contribution is 2.31. The zero-order valence-corrected chi connectivity index (χ0v) is 16.5. The molecule has 3 aromatic carbocycles. The van der Waals surface area contributed by atoms with Gasteiger partial charge in [0.15, 0.2) is 0 Å². The molecule has 9 heteroatoms. The van der Waals surface area contributed by atoms with Crippen LogP contribution in [0.4, 0.5) is 24.5 Å². The molecule has 30 heavy (non-hydrogen) atoms. The quantitative estimate of drug-likeness (QED) is 0.589. The number of hydrogen-bond donors (Lipinski definition) is 2. The minimum atomic E-state index is -4.68. The van der Waals surface area contributed by atoms with Crippen LogP contribution in [-0.2, 0) is 16.2 Å². The standard InChI is InChI=1S/C21H17F3N2O3S/c1-14-6-4-8-16(12-14)25-20(27)18-10-2-3-11-19(18)26-30(28,29)17-9-5-7-15(13-17)21(22,23)24/h2-13,26H,1H3,(H,25,27). The number of alkyl halides is 3. The molecule has 0 heterocycles. The second-order valence-electron chi connectivity index (χ2n) is 6.50. The summed E-state index contributed by atoms with van der Waals surface area (Å²) < 4.78 is 66.3. The van der Waals surface area contributed by atoms with Crippen LogP contribution in [0.2, 0.25) is 0 Å². The highest BCUT2D eigenvalue weighted by atomic mass is 32.2. The normalized spacial score (nSPS) is 11.7. The van der Waals surface area contributed by atoms with Gasteiger partial charge in [0.05, 0.1) is 21.7 Å². The lowest BCUT2D eigenvalue weighted by Crippen LogP contribution is -2.19. The van der Waals surface area contributed by atoms with E-state index >= 15 is 0 Å². The number of rotatable bonds is 5. The highest BCUT2D eigenvalue weighted by Gasteiger charge is 2.31. The van der Waals surface area contributed by atoms with Gasteiger partial charge in [-0.15, -0.1) is 0 Å². The Hall–Kier alpha value is -3.33.